The molecule has 0 unspecified atom stereocenters. The molecule has 0 atom stereocenters. The fourth-order valence-corrected chi connectivity index (χ4v) is 3.12. The molecule has 31 heavy (non-hydrogen) atoms. The molecule has 0 saturated carbocycles. The van der Waals surface area contributed by atoms with Gasteiger partial charge in [0.15, 0.2) is 0 Å². The summed E-state index contributed by atoms with van der Waals surface area (Å²) in [5, 5.41) is 21.3. The Morgan fingerprint density at radius 2 is 2.00 bits per heavy atom. The van der Waals surface area contributed by atoms with E-state index in [-0.39, 0.29) is 23.1 Å². The SMILES string of the molecule is C/C=C(/SN)C(=O)Nc1cccc(-c2nc(Nc3ccc(Cl)cc3)[nH]c(=O)c2C#N)c1. The van der Waals surface area contributed by atoms with Crippen LogP contribution in [0.3, 0.4) is 0 Å². The van der Waals surface area contributed by atoms with E-state index in [9.17, 15) is 14.9 Å². The van der Waals surface area contributed by atoms with Crippen molar-refractivity contribution in [2.24, 2.45) is 5.14 Å². The van der Waals surface area contributed by atoms with Gasteiger partial charge < -0.3 is 10.6 Å². The fourth-order valence-electron chi connectivity index (χ4n) is 2.70. The maximum atomic E-state index is 12.5. The van der Waals surface area contributed by atoms with Gasteiger partial charge in [0.25, 0.3) is 11.5 Å². The number of carbonyl (C=O) groups excluding carboxylic acids is 1. The first-order valence-corrected chi connectivity index (χ1v) is 10.2. The summed E-state index contributed by atoms with van der Waals surface area (Å²) in [5.41, 5.74) is 1.06. The average molecular weight is 453 g/mol. The second kappa shape index (κ2) is 9.95. The minimum atomic E-state index is -0.589. The van der Waals surface area contributed by atoms with Gasteiger partial charge in [-0.3, -0.25) is 19.7 Å². The van der Waals surface area contributed by atoms with Crippen molar-refractivity contribution in [2.75, 3.05) is 10.6 Å². The molecular weight excluding hydrogens is 436 g/mol. The molecule has 156 valence electrons. The molecular formula is C21H17ClN6O2S. The van der Waals surface area contributed by atoms with Gasteiger partial charge in [0.2, 0.25) is 5.95 Å². The zero-order valence-corrected chi connectivity index (χ0v) is 17.8. The number of hydrogen-bond acceptors (Lipinski definition) is 7. The number of hydrogen-bond donors (Lipinski definition) is 4. The smallest absolute Gasteiger partial charge is 0.270 e. The number of aromatic nitrogens is 2. The van der Waals surface area contributed by atoms with Crippen LogP contribution in [0, 0.1) is 11.3 Å². The van der Waals surface area contributed by atoms with E-state index in [1.165, 1.54) is 0 Å². The Hall–Kier alpha value is -3.58. The van der Waals surface area contributed by atoms with Gasteiger partial charge in [-0.25, -0.2) is 4.98 Å². The van der Waals surface area contributed by atoms with Crippen LogP contribution in [0.2, 0.25) is 5.02 Å². The first-order valence-electron chi connectivity index (χ1n) is 8.97. The van der Waals surface area contributed by atoms with E-state index in [0.717, 1.165) is 11.9 Å². The summed E-state index contributed by atoms with van der Waals surface area (Å²) in [5.74, 6) is -0.205. The molecule has 0 aliphatic carbocycles. The molecule has 5 N–H and O–H groups in total. The highest BCUT2D eigenvalue weighted by Gasteiger charge is 2.15. The highest BCUT2D eigenvalue weighted by molar-refractivity contribution is 8.01. The first kappa shape index (κ1) is 22.1. The van der Waals surface area contributed by atoms with Gasteiger partial charge in [-0.05, 0) is 55.3 Å². The largest absolute Gasteiger partial charge is 0.326 e. The molecule has 0 aliphatic heterocycles. The van der Waals surface area contributed by atoms with E-state index < -0.39 is 5.56 Å². The molecule has 0 radical (unpaired) electrons. The molecule has 2 aromatic carbocycles. The van der Waals surface area contributed by atoms with E-state index in [1.807, 2.05) is 6.07 Å². The van der Waals surface area contributed by atoms with Gasteiger partial charge in [0.1, 0.15) is 11.6 Å². The van der Waals surface area contributed by atoms with Crippen LogP contribution in [-0.4, -0.2) is 15.9 Å². The van der Waals surface area contributed by atoms with E-state index in [1.54, 1.807) is 61.5 Å². The lowest BCUT2D eigenvalue weighted by atomic mass is 10.1. The summed E-state index contributed by atoms with van der Waals surface area (Å²) >= 11 is 6.74. The molecule has 0 saturated heterocycles. The number of nitriles is 1. The zero-order chi connectivity index (χ0) is 22.4. The second-order valence-corrected chi connectivity index (χ2v) is 7.30. The van der Waals surface area contributed by atoms with Crippen molar-refractivity contribution in [1.82, 2.24) is 9.97 Å². The summed E-state index contributed by atoms with van der Waals surface area (Å²) in [6.07, 6.45) is 1.60. The topological polar surface area (TPSA) is 137 Å². The summed E-state index contributed by atoms with van der Waals surface area (Å²) in [6.45, 7) is 1.71. The molecule has 3 aromatic rings. The predicted octanol–water partition coefficient (Wildman–Crippen LogP) is 4.15. The molecule has 3 rings (SSSR count). The van der Waals surface area contributed by atoms with E-state index in [2.05, 4.69) is 20.6 Å². The van der Waals surface area contributed by atoms with Crippen LogP contribution in [-0.2, 0) is 4.79 Å². The van der Waals surface area contributed by atoms with Crippen molar-refractivity contribution in [3.63, 3.8) is 0 Å². The van der Waals surface area contributed by atoms with Gasteiger partial charge in [-0.15, -0.1) is 0 Å². The number of carbonyl (C=O) groups is 1. The monoisotopic (exact) mass is 452 g/mol. The number of benzene rings is 2. The number of amides is 1. The molecule has 1 aromatic heterocycles. The van der Waals surface area contributed by atoms with Crippen LogP contribution >= 0.6 is 23.5 Å². The van der Waals surface area contributed by atoms with Crippen molar-refractivity contribution in [3.05, 3.63) is 80.5 Å². The average Bonchev–Trinajstić information content (AvgIpc) is 2.76. The lowest BCUT2D eigenvalue weighted by Crippen LogP contribution is -2.16. The number of nitrogens with zero attached hydrogens (tertiary/aromatic N) is 2. The third kappa shape index (κ3) is 5.32. The highest BCUT2D eigenvalue weighted by atomic mass is 35.5. The lowest BCUT2D eigenvalue weighted by molar-refractivity contribution is -0.112. The molecule has 0 fully saturated rings. The molecule has 8 nitrogen and oxygen atoms in total. The third-order valence-corrected chi connectivity index (χ3v) is 5.07. The number of rotatable bonds is 6. The van der Waals surface area contributed by atoms with E-state index >= 15 is 0 Å². The Bertz CT molecular complexity index is 1250. The van der Waals surface area contributed by atoms with Crippen molar-refractivity contribution < 1.29 is 4.79 Å². The van der Waals surface area contributed by atoms with Crippen molar-refractivity contribution in [3.8, 4) is 17.3 Å². The Morgan fingerprint density at radius 1 is 1.26 bits per heavy atom. The van der Waals surface area contributed by atoms with Crippen LogP contribution in [0.15, 0.2) is 64.3 Å². The Balaban J connectivity index is 1.98. The maximum Gasteiger partial charge on any atom is 0.270 e. The number of H-pyrrole nitrogens is 1. The lowest BCUT2D eigenvalue weighted by Gasteiger charge is -2.11. The number of nitrogens with one attached hydrogen (secondary N) is 3. The predicted molar refractivity (Wildman–Crippen MR) is 124 cm³/mol. The second-order valence-electron chi connectivity index (χ2n) is 6.19. The van der Waals surface area contributed by atoms with Crippen LogP contribution in [0.25, 0.3) is 11.3 Å². The Labute approximate surface area is 187 Å². The highest BCUT2D eigenvalue weighted by Crippen LogP contribution is 2.25. The molecule has 0 bridgehead atoms. The van der Waals surface area contributed by atoms with Crippen molar-refractivity contribution in [1.29, 1.82) is 5.26 Å². The Morgan fingerprint density at radius 3 is 2.65 bits per heavy atom. The minimum Gasteiger partial charge on any atom is -0.326 e. The maximum absolute atomic E-state index is 12.5. The Kier molecular flexibility index (Phi) is 7.10. The van der Waals surface area contributed by atoms with Gasteiger partial charge >= 0.3 is 0 Å². The summed E-state index contributed by atoms with van der Waals surface area (Å²) in [7, 11) is 0. The molecule has 0 spiro atoms. The summed E-state index contributed by atoms with van der Waals surface area (Å²) < 4.78 is 0. The minimum absolute atomic E-state index is 0.142. The van der Waals surface area contributed by atoms with E-state index in [4.69, 9.17) is 16.7 Å². The van der Waals surface area contributed by atoms with Gasteiger partial charge in [-0.2, -0.15) is 5.26 Å². The normalized spacial score (nSPS) is 11.0. The van der Waals surface area contributed by atoms with E-state index in [0.29, 0.717) is 26.9 Å². The number of nitrogens with two attached hydrogens (primary N) is 1. The summed E-state index contributed by atoms with van der Waals surface area (Å²) in [4.78, 5) is 32.0. The van der Waals surface area contributed by atoms with Crippen LogP contribution in [0.1, 0.15) is 12.5 Å². The molecule has 1 heterocycles. The number of allylic oxidation sites excluding steroid dienone is 1. The zero-order valence-electron chi connectivity index (χ0n) is 16.3. The molecule has 1 amide bonds. The van der Waals surface area contributed by atoms with Gasteiger partial charge in [0, 0.05) is 22.0 Å². The molecule has 10 heteroatoms. The summed E-state index contributed by atoms with van der Waals surface area (Å²) in [6, 6.07) is 15.4. The van der Waals surface area contributed by atoms with Crippen molar-refractivity contribution in [2.45, 2.75) is 6.92 Å². The fraction of sp³-hybridized carbons (Fsp3) is 0.0476. The first-order chi connectivity index (χ1) is 14.9. The quantitative estimate of drug-likeness (QED) is 0.325. The van der Waals surface area contributed by atoms with Gasteiger partial charge in [-0.1, -0.05) is 29.8 Å². The van der Waals surface area contributed by atoms with Gasteiger partial charge in [0.05, 0.1) is 10.6 Å². The number of halogens is 1. The molecule has 0 aliphatic rings. The number of anilines is 3. The van der Waals surface area contributed by atoms with Crippen LogP contribution in [0.4, 0.5) is 17.3 Å². The standard InChI is InChI=1S/C21H17ClN6O2S/c1-2-17(31-24)20(30)25-15-5-3-4-12(10-15)18-16(11-23)19(29)28-21(27-18)26-14-8-6-13(22)7-9-14/h2-10H,24H2,1H3,(H,25,30)(H2,26,27,28,29)/b17-2+. The third-order valence-electron chi connectivity index (χ3n) is 4.14. The number of aromatic amines is 1. The van der Waals surface area contributed by atoms with Crippen LogP contribution in [0.5, 0.6) is 0 Å². The van der Waals surface area contributed by atoms with Crippen LogP contribution < -0.4 is 21.3 Å². The van der Waals surface area contributed by atoms with Crippen molar-refractivity contribution >= 4 is 46.8 Å².